The monoisotopic (exact) mass is 403 g/mol. The van der Waals surface area contributed by atoms with Crippen LogP contribution in [0.4, 0.5) is 0 Å². The lowest BCUT2D eigenvalue weighted by atomic mass is 9.97. The number of aliphatic hydroxyl groups excluding tert-OH is 1. The summed E-state index contributed by atoms with van der Waals surface area (Å²) >= 11 is 2.27. The zero-order valence-corrected chi connectivity index (χ0v) is 13.9. The molecule has 1 N–H and O–H groups in total. The van der Waals surface area contributed by atoms with Crippen molar-refractivity contribution in [2.24, 2.45) is 0 Å². The largest absolute Gasteiger partial charge is 0.388 e. The van der Waals surface area contributed by atoms with Crippen molar-refractivity contribution >= 4 is 22.6 Å². The number of imidazole rings is 1. The predicted molar refractivity (Wildman–Crippen MR) is 92.3 cm³/mol. The van der Waals surface area contributed by atoms with Gasteiger partial charge in [0, 0.05) is 27.9 Å². The highest BCUT2D eigenvalue weighted by molar-refractivity contribution is 14.1. The summed E-state index contributed by atoms with van der Waals surface area (Å²) in [5, 5.41) is 10.6. The summed E-state index contributed by atoms with van der Waals surface area (Å²) in [6, 6.07) is 10.2. The molecule has 110 valence electrons. The summed E-state index contributed by atoms with van der Waals surface area (Å²) in [7, 11) is 0. The molecule has 0 fully saturated rings. The number of rotatable bonds is 3. The minimum Gasteiger partial charge on any atom is -0.388 e. The molecule has 0 saturated heterocycles. The number of fused-ring (bicyclic) bond motifs is 3. The van der Waals surface area contributed by atoms with Crippen LogP contribution in [-0.2, 0) is 0 Å². The van der Waals surface area contributed by atoms with Crippen molar-refractivity contribution in [3.63, 3.8) is 0 Å². The SMILES string of the molecule is OC(CC1c2ccncc2-c2cncn21)c1ccc(I)cc1. The number of pyridine rings is 1. The predicted octanol–water partition coefficient (Wildman–Crippen LogP) is 3.58. The van der Waals surface area contributed by atoms with Crippen molar-refractivity contribution in [3.05, 3.63) is 69.9 Å². The maximum atomic E-state index is 10.6. The first-order valence-corrected chi connectivity index (χ1v) is 8.21. The topological polar surface area (TPSA) is 50.9 Å². The molecule has 1 aromatic carbocycles. The fourth-order valence-corrected chi connectivity index (χ4v) is 3.45. The summed E-state index contributed by atoms with van der Waals surface area (Å²) < 4.78 is 3.30. The third kappa shape index (κ3) is 2.24. The summed E-state index contributed by atoms with van der Waals surface area (Å²) in [5.41, 5.74) is 4.34. The van der Waals surface area contributed by atoms with Crippen LogP contribution in [0.15, 0.2) is 55.2 Å². The first kappa shape index (κ1) is 13.9. The molecule has 22 heavy (non-hydrogen) atoms. The molecule has 2 atom stereocenters. The van der Waals surface area contributed by atoms with Crippen molar-refractivity contribution < 1.29 is 5.11 Å². The Kier molecular flexibility index (Phi) is 3.46. The highest BCUT2D eigenvalue weighted by atomic mass is 127. The molecule has 2 unspecified atom stereocenters. The first-order chi connectivity index (χ1) is 10.7. The van der Waals surface area contributed by atoms with E-state index in [9.17, 15) is 5.11 Å². The molecule has 1 aliphatic heterocycles. The molecule has 3 aromatic rings. The van der Waals surface area contributed by atoms with Crippen LogP contribution < -0.4 is 0 Å². The fourth-order valence-electron chi connectivity index (χ4n) is 3.09. The van der Waals surface area contributed by atoms with Crippen molar-refractivity contribution in [1.82, 2.24) is 14.5 Å². The van der Waals surface area contributed by atoms with Crippen LogP contribution in [0.2, 0.25) is 0 Å². The van der Waals surface area contributed by atoms with E-state index in [-0.39, 0.29) is 6.04 Å². The van der Waals surface area contributed by atoms with E-state index in [0.29, 0.717) is 6.42 Å². The standard InChI is InChI=1S/C17H14IN3O/c18-12-3-1-11(2-4-12)17(22)7-15-13-5-6-19-8-14(13)16-9-20-10-21(15)16/h1-6,8-10,15,17,22H,7H2. The number of hydrogen-bond acceptors (Lipinski definition) is 3. The lowest BCUT2D eigenvalue weighted by molar-refractivity contribution is 0.153. The molecule has 0 amide bonds. The Labute approximate surface area is 142 Å². The van der Waals surface area contributed by atoms with Gasteiger partial charge in [-0.3, -0.25) is 4.98 Å². The molecule has 0 aliphatic carbocycles. The minimum atomic E-state index is -0.503. The number of benzene rings is 1. The summed E-state index contributed by atoms with van der Waals surface area (Å²) in [4.78, 5) is 8.45. The van der Waals surface area contributed by atoms with E-state index < -0.39 is 6.10 Å². The molecular weight excluding hydrogens is 389 g/mol. The smallest absolute Gasteiger partial charge is 0.0956 e. The van der Waals surface area contributed by atoms with Gasteiger partial charge in [-0.05, 0) is 51.9 Å². The van der Waals surface area contributed by atoms with E-state index in [1.807, 2.05) is 55.2 Å². The van der Waals surface area contributed by atoms with Gasteiger partial charge in [-0.25, -0.2) is 4.98 Å². The molecular formula is C17H14IN3O. The first-order valence-electron chi connectivity index (χ1n) is 7.13. The van der Waals surface area contributed by atoms with Crippen molar-refractivity contribution in [2.75, 3.05) is 0 Å². The zero-order valence-electron chi connectivity index (χ0n) is 11.7. The van der Waals surface area contributed by atoms with Crippen LogP contribution in [0.1, 0.15) is 29.7 Å². The number of nitrogens with zero attached hydrogens (tertiary/aromatic N) is 3. The Morgan fingerprint density at radius 3 is 2.77 bits per heavy atom. The summed E-state index contributed by atoms with van der Waals surface area (Å²) in [6.45, 7) is 0. The molecule has 0 radical (unpaired) electrons. The van der Waals surface area contributed by atoms with Crippen LogP contribution in [0.25, 0.3) is 11.3 Å². The van der Waals surface area contributed by atoms with Gasteiger partial charge >= 0.3 is 0 Å². The molecule has 4 nitrogen and oxygen atoms in total. The van der Waals surface area contributed by atoms with E-state index >= 15 is 0 Å². The molecule has 3 heterocycles. The van der Waals surface area contributed by atoms with Crippen LogP contribution in [0.3, 0.4) is 0 Å². The van der Waals surface area contributed by atoms with Gasteiger partial charge in [-0.2, -0.15) is 0 Å². The second-order valence-electron chi connectivity index (χ2n) is 5.47. The normalized spacial score (nSPS) is 17.1. The third-order valence-corrected chi connectivity index (χ3v) is 4.91. The Hall–Kier alpha value is -1.73. The van der Waals surface area contributed by atoms with Gasteiger partial charge in [0.25, 0.3) is 0 Å². The van der Waals surface area contributed by atoms with E-state index in [1.54, 1.807) is 0 Å². The number of aromatic nitrogens is 3. The number of halogens is 1. The maximum Gasteiger partial charge on any atom is 0.0956 e. The summed E-state index contributed by atoms with van der Waals surface area (Å²) in [5.74, 6) is 0. The van der Waals surface area contributed by atoms with Gasteiger partial charge in [0.1, 0.15) is 0 Å². The van der Waals surface area contributed by atoms with Crippen LogP contribution >= 0.6 is 22.6 Å². The number of aliphatic hydroxyl groups is 1. The average Bonchev–Trinajstić information content (AvgIpc) is 3.11. The second kappa shape index (κ2) is 5.48. The van der Waals surface area contributed by atoms with Gasteiger partial charge in [0.2, 0.25) is 0 Å². The highest BCUT2D eigenvalue weighted by Gasteiger charge is 2.30. The maximum absolute atomic E-state index is 10.6. The van der Waals surface area contributed by atoms with Gasteiger partial charge in [0.05, 0.1) is 30.4 Å². The van der Waals surface area contributed by atoms with Gasteiger partial charge in [0.15, 0.2) is 0 Å². The van der Waals surface area contributed by atoms with Crippen LogP contribution in [-0.4, -0.2) is 19.6 Å². The van der Waals surface area contributed by atoms with Crippen molar-refractivity contribution in [2.45, 2.75) is 18.6 Å². The lowest BCUT2D eigenvalue weighted by Gasteiger charge is -2.19. The zero-order chi connectivity index (χ0) is 15.1. The van der Waals surface area contributed by atoms with Crippen LogP contribution in [0.5, 0.6) is 0 Å². The Balaban J connectivity index is 1.67. The molecule has 0 saturated carbocycles. The molecule has 1 aliphatic rings. The van der Waals surface area contributed by atoms with Crippen molar-refractivity contribution in [3.8, 4) is 11.3 Å². The Bertz CT molecular complexity index is 813. The van der Waals surface area contributed by atoms with Gasteiger partial charge < -0.3 is 9.67 Å². The third-order valence-electron chi connectivity index (χ3n) is 4.19. The van der Waals surface area contributed by atoms with Gasteiger partial charge in [-0.1, -0.05) is 12.1 Å². The van der Waals surface area contributed by atoms with E-state index in [4.69, 9.17) is 0 Å². The molecule has 2 aromatic heterocycles. The second-order valence-corrected chi connectivity index (χ2v) is 6.71. The summed E-state index contributed by atoms with van der Waals surface area (Å²) in [6.07, 6.45) is 7.50. The van der Waals surface area contributed by atoms with E-state index in [2.05, 4.69) is 37.1 Å². The highest BCUT2D eigenvalue weighted by Crippen LogP contribution is 2.42. The Morgan fingerprint density at radius 2 is 1.95 bits per heavy atom. The lowest BCUT2D eigenvalue weighted by Crippen LogP contribution is -2.10. The Morgan fingerprint density at radius 1 is 1.14 bits per heavy atom. The van der Waals surface area contributed by atoms with E-state index in [0.717, 1.165) is 16.8 Å². The molecule has 5 heteroatoms. The van der Waals surface area contributed by atoms with Crippen LogP contribution in [0, 0.1) is 3.57 Å². The molecule has 0 bridgehead atoms. The van der Waals surface area contributed by atoms with Gasteiger partial charge in [-0.15, -0.1) is 0 Å². The number of hydrogen-bond donors (Lipinski definition) is 1. The van der Waals surface area contributed by atoms with Crippen molar-refractivity contribution in [1.29, 1.82) is 0 Å². The molecule has 0 spiro atoms. The average molecular weight is 403 g/mol. The fraction of sp³-hybridized carbons (Fsp3) is 0.176. The van der Waals surface area contributed by atoms with E-state index in [1.165, 1.54) is 9.13 Å². The minimum absolute atomic E-state index is 0.102. The quantitative estimate of drug-likeness (QED) is 0.681. The molecule has 4 rings (SSSR count).